The number of nitrogens with one attached hydrogen (secondary N) is 3. The van der Waals surface area contributed by atoms with Crippen molar-refractivity contribution in [2.75, 3.05) is 23.7 Å². The van der Waals surface area contributed by atoms with E-state index in [1.165, 1.54) is 18.2 Å². The van der Waals surface area contributed by atoms with E-state index < -0.39 is 11.7 Å². The third kappa shape index (κ3) is 5.06. The molecule has 0 bridgehead atoms. The molecule has 7 nitrogen and oxygen atoms in total. The van der Waals surface area contributed by atoms with E-state index in [1.807, 2.05) is 0 Å². The summed E-state index contributed by atoms with van der Waals surface area (Å²) in [7, 11) is 0. The normalized spacial score (nSPS) is 17.1. The highest BCUT2D eigenvalue weighted by Gasteiger charge is 2.30. The molecule has 1 saturated carbocycles. The minimum absolute atomic E-state index is 0.0238. The molecule has 3 N–H and O–H groups in total. The third-order valence-corrected chi connectivity index (χ3v) is 4.74. The third-order valence-electron chi connectivity index (χ3n) is 4.74. The Morgan fingerprint density at radius 2 is 1.81 bits per heavy atom. The first-order chi connectivity index (χ1) is 13.0. The Hall–Kier alpha value is -2.90. The van der Waals surface area contributed by atoms with Crippen LogP contribution in [-0.4, -0.2) is 41.9 Å². The van der Waals surface area contributed by atoms with E-state index in [2.05, 4.69) is 22.5 Å². The topological polar surface area (TPSA) is 90.5 Å². The maximum Gasteiger partial charge on any atom is 0.317 e. The van der Waals surface area contributed by atoms with Gasteiger partial charge in [-0.3, -0.25) is 9.59 Å². The average Bonchev–Trinajstić information content (AvgIpc) is 3.48. The van der Waals surface area contributed by atoms with Gasteiger partial charge in [-0.1, -0.05) is 6.58 Å². The van der Waals surface area contributed by atoms with Gasteiger partial charge in [0.15, 0.2) is 0 Å². The lowest BCUT2D eigenvalue weighted by Gasteiger charge is -2.31. The molecule has 0 unspecified atom stereocenters. The molecule has 1 aromatic carbocycles. The number of carbonyl (C=O) groups excluding carboxylic acids is 3. The van der Waals surface area contributed by atoms with E-state index in [-0.39, 0.29) is 23.5 Å². The molecule has 1 aromatic rings. The Labute approximate surface area is 157 Å². The number of anilines is 2. The molecule has 2 fully saturated rings. The monoisotopic (exact) mass is 374 g/mol. The number of nitrogens with zero attached hydrogens (tertiary/aromatic N) is 1. The molecule has 1 heterocycles. The molecule has 0 aromatic heterocycles. The van der Waals surface area contributed by atoms with Gasteiger partial charge in [-0.15, -0.1) is 0 Å². The largest absolute Gasteiger partial charge is 0.335 e. The number of hydrogen-bond acceptors (Lipinski definition) is 3. The molecule has 1 aliphatic heterocycles. The van der Waals surface area contributed by atoms with Crippen molar-refractivity contribution in [1.29, 1.82) is 0 Å². The summed E-state index contributed by atoms with van der Waals surface area (Å²) in [5.41, 5.74) is 0.374. The van der Waals surface area contributed by atoms with Crippen LogP contribution in [0.1, 0.15) is 25.7 Å². The Morgan fingerprint density at radius 3 is 2.44 bits per heavy atom. The van der Waals surface area contributed by atoms with Crippen LogP contribution in [-0.2, 0) is 9.59 Å². The lowest BCUT2D eigenvalue weighted by Crippen LogP contribution is -2.46. The summed E-state index contributed by atoms with van der Waals surface area (Å²) in [5.74, 6) is -1.52. The van der Waals surface area contributed by atoms with Crippen LogP contribution in [0.2, 0.25) is 0 Å². The molecule has 8 heteroatoms. The molecule has 4 amide bonds. The second kappa shape index (κ2) is 8.20. The number of hydrogen-bond donors (Lipinski definition) is 3. The zero-order chi connectivity index (χ0) is 19.4. The van der Waals surface area contributed by atoms with Crippen molar-refractivity contribution in [2.45, 2.75) is 31.7 Å². The van der Waals surface area contributed by atoms with Crippen molar-refractivity contribution in [3.8, 4) is 0 Å². The number of amides is 4. The highest BCUT2D eigenvalue weighted by molar-refractivity contribution is 6.00. The molecular formula is C19H23FN4O3. The first kappa shape index (κ1) is 18.9. The molecule has 1 aliphatic carbocycles. The molecular weight excluding hydrogens is 351 g/mol. The van der Waals surface area contributed by atoms with Gasteiger partial charge in [0.05, 0.1) is 5.69 Å². The Morgan fingerprint density at radius 1 is 1.11 bits per heavy atom. The summed E-state index contributed by atoms with van der Waals surface area (Å²) >= 11 is 0. The van der Waals surface area contributed by atoms with Crippen LogP contribution in [0.5, 0.6) is 0 Å². The van der Waals surface area contributed by atoms with Gasteiger partial charge < -0.3 is 20.9 Å². The minimum Gasteiger partial charge on any atom is -0.335 e. The molecule has 0 spiro atoms. The summed E-state index contributed by atoms with van der Waals surface area (Å²) in [4.78, 5) is 37.6. The number of likely N-dealkylation sites (tertiary alicyclic amines) is 1. The summed E-state index contributed by atoms with van der Waals surface area (Å²) in [6.07, 6.45) is 4.27. The van der Waals surface area contributed by atoms with E-state index in [1.54, 1.807) is 4.90 Å². The highest BCUT2D eigenvalue weighted by atomic mass is 19.1. The lowest BCUT2D eigenvalue weighted by atomic mass is 9.96. The van der Waals surface area contributed by atoms with E-state index in [9.17, 15) is 18.8 Å². The van der Waals surface area contributed by atoms with Gasteiger partial charge >= 0.3 is 6.03 Å². The molecule has 1 saturated heterocycles. The Balaban J connectivity index is 1.53. The van der Waals surface area contributed by atoms with Gasteiger partial charge in [0.2, 0.25) is 11.8 Å². The van der Waals surface area contributed by atoms with E-state index in [0.29, 0.717) is 37.7 Å². The van der Waals surface area contributed by atoms with Crippen LogP contribution >= 0.6 is 0 Å². The molecule has 144 valence electrons. The van der Waals surface area contributed by atoms with Crippen molar-refractivity contribution >= 4 is 29.2 Å². The molecule has 3 rings (SSSR count). The summed E-state index contributed by atoms with van der Waals surface area (Å²) in [5, 5.41) is 8.06. The number of carbonyl (C=O) groups is 3. The fourth-order valence-corrected chi connectivity index (χ4v) is 2.97. The highest BCUT2D eigenvalue weighted by Crippen LogP contribution is 2.24. The fourth-order valence-electron chi connectivity index (χ4n) is 2.97. The van der Waals surface area contributed by atoms with Gasteiger partial charge in [0, 0.05) is 30.7 Å². The zero-order valence-corrected chi connectivity index (χ0v) is 15.0. The predicted octanol–water partition coefficient (Wildman–Crippen LogP) is 2.47. The maximum atomic E-state index is 13.8. The lowest BCUT2D eigenvalue weighted by molar-refractivity contribution is -0.121. The molecule has 2 aliphatic rings. The number of halogens is 1. The van der Waals surface area contributed by atoms with Gasteiger partial charge in [-0.25, -0.2) is 9.18 Å². The van der Waals surface area contributed by atoms with E-state index in [4.69, 9.17) is 0 Å². The Bertz CT molecular complexity index is 755. The summed E-state index contributed by atoms with van der Waals surface area (Å²) in [6, 6.07) is 4.24. The van der Waals surface area contributed by atoms with Crippen LogP contribution in [0.25, 0.3) is 0 Å². The van der Waals surface area contributed by atoms with Crippen molar-refractivity contribution in [3.63, 3.8) is 0 Å². The van der Waals surface area contributed by atoms with Crippen LogP contribution < -0.4 is 16.0 Å². The number of benzene rings is 1. The molecule has 0 atom stereocenters. The van der Waals surface area contributed by atoms with Crippen molar-refractivity contribution < 1.29 is 18.8 Å². The van der Waals surface area contributed by atoms with Crippen LogP contribution in [0.3, 0.4) is 0 Å². The van der Waals surface area contributed by atoms with Gasteiger partial charge in [0.25, 0.3) is 0 Å². The van der Waals surface area contributed by atoms with E-state index in [0.717, 1.165) is 18.9 Å². The second-order valence-corrected chi connectivity index (χ2v) is 6.86. The van der Waals surface area contributed by atoms with E-state index >= 15 is 0 Å². The standard InChI is InChI=1S/C19H23FN4O3/c1-2-17(25)23-16-11-14(5-6-15(16)20)21-18(26)12-7-9-24(10-8-12)19(27)22-13-3-4-13/h2,5-6,11-13H,1,3-4,7-10H2,(H,21,26)(H,22,27)(H,23,25). The fraction of sp³-hybridized carbons (Fsp3) is 0.421. The zero-order valence-electron chi connectivity index (χ0n) is 15.0. The number of rotatable bonds is 5. The SMILES string of the molecule is C=CC(=O)Nc1cc(NC(=O)C2CCN(C(=O)NC3CC3)CC2)ccc1F. The van der Waals surface area contributed by atoms with Gasteiger partial charge in [-0.2, -0.15) is 0 Å². The average molecular weight is 374 g/mol. The smallest absolute Gasteiger partial charge is 0.317 e. The quantitative estimate of drug-likeness (QED) is 0.692. The van der Waals surface area contributed by atoms with Gasteiger partial charge in [0.1, 0.15) is 5.82 Å². The van der Waals surface area contributed by atoms with Crippen LogP contribution in [0.4, 0.5) is 20.6 Å². The number of piperidine rings is 1. The van der Waals surface area contributed by atoms with Crippen molar-refractivity contribution in [3.05, 3.63) is 36.7 Å². The summed E-state index contributed by atoms with van der Waals surface area (Å²) < 4.78 is 13.8. The van der Waals surface area contributed by atoms with Crippen molar-refractivity contribution in [2.24, 2.45) is 5.92 Å². The second-order valence-electron chi connectivity index (χ2n) is 6.86. The van der Waals surface area contributed by atoms with Crippen LogP contribution in [0.15, 0.2) is 30.9 Å². The van der Waals surface area contributed by atoms with Crippen molar-refractivity contribution in [1.82, 2.24) is 10.2 Å². The minimum atomic E-state index is -0.599. The molecule has 27 heavy (non-hydrogen) atoms. The van der Waals surface area contributed by atoms with Crippen LogP contribution in [0, 0.1) is 11.7 Å². The maximum absolute atomic E-state index is 13.8. The molecule has 0 radical (unpaired) electrons. The summed E-state index contributed by atoms with van der Waals surface area (Å²) in [6.45, 7) is 4.38. The Kier molecular flexibility index (Phi) is 5.73. The predicted molar refractivity (Wildman–Crippen MR) is 99.7 cm³/mol. The first-order valence-electron chi connectivity index (χ1n) is 9.05. The first-order valence-corrected chi connectivity index (χ1v) is 9.05. The van der Waals surface area contributed by atoms with Gasteiger partial charge in [-0.05, 0) is 50.0 Å². The number of urea groups is 1.